The molecule has 0 radical (unpaired) electrons. The van der Waals surface area contributed by atoms with E-state index in [1.54, 1.807) is 35.2 Å². The van der Waals surface area contributed by atoms with Crippen LogP contribution in [0.3, 0.4) is 0 Å². The van der Waals surface area contributed by atoms with Crippen LogP contribution in [0, 0.1) is 0 Å². The van der Waals surface area contributed by atoms with Gasteiger partial charge in [0.05, 0.1) is 13.7 Å². The number of amides is 2. The maximum Gasteiger partial charge on any atom is 0.323 e. The Bertz CT molecular complexity index is 530. The lowest BCUT2D eigenvalue weighted by atomic mass is 10.2. The van der Waals surface area contributed by atoms with E-state index in [4.69, 9.17) is 4.74 Å². The molecular weight excluding hydrogens is 272 g/mol. The summed E-state index contributed by atoms with van der Waals surface area (Å²) in [6.45, 7) is 0.658. The van der Waals surface area contributed by atoms with Crippen LogP contribution >= 0.6 is 0 Å². The second kappa shape index (κ2) is 6.99. The average molecular weight is 290 g/mol. The van der Waals surface area contributed by atoms with Crippen molar-refractivity contribution in [2.75, 3.05) is 20.2 Å². The van der Waals surface area contributed by atoms with E-state index in [-0.39, 0.29) is 12.5 Å². The van der Waals surface area contributed by atoms with Crippen LogP contribution in [-0.4, -0.2) is 48.9 Å². The van der Waals surface area contributed by atoms with E-state index in [2.05, 4.69) is 5.32 Å². The summed E-state index contributed by atoms with van der Waals surface area (Å²) in [5, 5.41) is 2.33. The Labute approximate surface area is 123 Å². The number of hydrogen-bond acceptors (Lipinski definition) is 5. The van der Waals surface area contributed by atoms with Crippen molar-refractivity contribution in [3.63, 3.8) is 0 Å². The predicted molar refractivity (Wildman–Crippen MR) is 75.5 cm³/mol. The summed E-state index contributed by atoms with van der Waals surface area (Å²) in [4.78, 5) is 37.1. The van der Waals surface area contributed by atoms with E-state index in [1.165, 1.54) is 7.11 Å². The van der Waals surface area contributed by atoms with Crippen LogP contribution in [0.1, 0.15) is 23.2 Å². The number of carbonyl (C=O) groups excluding carboxylic acids is 3. The van der Waals surface area contributed by atoms with Crippen molar-refractivity contribution < 1.29 is 19.1 Å². The SMILES string of the molecule is COC(=O)C1CCCN1CC(=O)NC(=O)c1ccccc1. The molecule has 1 fully saturated rings. The molecule has 21 heavy (non-hydrogen) atoms. The number of methoxy groups -OCH3 is 1. The lowest BCUT2D eigenvalue weighted by molar-refractivity contribution is -0.146. The maximum atomic E-state index is 11.9. The highest BCUT2D eigenvalue weighted by atomic mass is 16.5. The van der Waals surface area contributed by atoms with E-state index >= 15 is 0 Å². The fourth-order valence-corrected chi connectivity index (χ4v) is 2.43. The van der Waals surface area contributed by atoms with Gasteiger partial charge in [-0.1, -0.05) is 18.2 Å². The van der Waals surface area contributed by atoms with Gasteiger partial charge in [0.25, 0.3) is 5.91 Å². The minimum Gasteiger partial charge on any atom is -0.468 e. The summed E-state index contributed by atoms with van der Waals surface area (Å²) >= 11 is 0. The number of rotatable bonds is 4. The third kappa shape index (κ3) is 3.88. The van der Waals surface area contributed by atoms with Crippen LogP contribution in [0.4, 0.5) is 0 Å². The van der Waals surface area contributed by atoms with Gasteiger partial charge in [0, 0.05) is 5.56 Å². The normalized spacial score (nSPS) is 18.2. The van der Waals surface area contributed by atoms with Crippen molar-refractivity contribution in [3.8, 4) is 0 Å². The molecule has 1 N–H and O–H groups in total. The third-order valence-corrected chi connectivity index (χ3v) is 3.47. The number of imide groups is 1. The molecule has 0 aromatic heterocycles. The number of hydrogen-bond donors (Lipinski definition) is 1. The van der Waals surface area contributed by atoms with Crippen molar-refractivity contribution in [3.05, 3.63) is 35.9 Å². The van der Waals surface area contributed by atoms with Gasteiger partial charge < -0.3 is 4.74 Å². The topological polar surface area (TPSA) is 75.7 Å². The van der Waals surface area contributed by atoms with Gasteiger partial charge in [0.1, 0.15) is 6.04 Å². The molecule has 0 spiro atoms. The Morgan fingerprint density at radius 2 is 2.00 bits per heavy atom. The Hall–Kier alpha value is -2.21. The number of nitrogens with one attached hydrogen (secondary N) is 1. The summed E-state index contributed by atoms with van der Waals surface area (Å²) in [6.07, 6.45) is 1.51. The van der Waals surface area contributed by atoms with E-state index in [0.717, 1.165) is 6.42 Å². The monoisotopic (exact) mass is 290 g/mol. The zero-order valence-electron chi connectivity index (χ0n) is 11.9. The molecule has 6 nitrogen and oxygen atoms in total. The fourth-order valence-electron chi connectivity index (χ4n) is 2.43. The fraction of sp³-hybridized carbons (Fsp3) is 0.400. The van der Waals surface area contributed by atoms with Crippen LogP contribution in [0.5, 0.6) is 0 Å². The molecule has 0 aliphatic carbocycles. The zero-order valence-corrected chi connectivity index (χ0v) is 11.9. The molecule has 1 aromatic rings. The van der Waals surface area contributed by atoms with Gasteiger partial charge in [0.2, 0.25) is 5.91 Å². The second-order valence-electron chi connectivity index (χ2n) is 4.89. The molecular formula is C15H18N2O4. The first-order valence-electron chi connectivity index (χ1n) is 6.83. The van der Waals surface area contributed by atoms with Gasteiger partial charge in [-0.3, -0.25) is 24.6 Å². The van der Waals surface area contributed by atoms with Crippen LogP contribution in [0.15, 0.2) is 30.3 Å². The van der Waals surface area contributed by atoms with Gasteiger partial charge >= 0.3 is 5.97 Å². The summed E-state index contributed by atoms with van der Waals surface area (Å²) in [7, 11) is 1.33. The highest BCUT2D eigenvalue weighted by Crippen LogP contribution is 2.17. The highest BCUT2D eigenvalue weighted by Gasteiger charge is 2.32. The zero-order chi connectivity index (χ0) is 15.2. The standard InChI is InChI=1S/C15H18N2O4/c1-21-15(20)12-8-5-9-17(12)10-13(18)16-14(19)11-6-3-2-4-7-11/h2-4,6-7,12H,5,8-10H2,1H3,(H,16,18,19). The summed E-state index contributed by atoms with van der Waals surface area (Å²) in [6, 6.07) is 8.13. The van der Waals surface area contributed by atoms with Gasteiger partial charge in [-0.25, -0.2) is 0 Å². The molecule has 1 aromatic carbocycles. The van der Waals surface area contributed by atoms with Crippen LogP contribution in [-0.2, 0) is 14.3 Å². The number of ether oxygens (including phenoxy) is 1. The Morgan fingerprint density at radius 1 is 1.29 bits per heavy atom. The minimum atomic E-state index is -0.436. The molecule has 0 bridgehead atoms. The summed E-state index contributed by atoms with van der Waals surface area (Å²) < 4.78 is 4.72. The lowest BCUT2D eigenvalue weighted by Gasteiger charge is -2.21. The number of carbonyl (C=O) groups is 3. The molecule has 1 unspecified atom stereocenters. The van der Waals surface area contributed by atoms with Crippen molar-refractivity contribution in [2.45, 2.75) is 18.9 Å². The maximum absolute atomic E-state index is 11.9. The second-order valence-corrected chi connectivity index (χ2v) is 4.89. The van der Waals surface area contributed by atoms with E-state index in [0.29, 0.717) is 18.5 Å². The molecule has 1 aliphatic rings. The lowest BCUT2D eigenvalue weighted by Crippen LogP contribution is -2.44. The molecule has 0 saturated carbocycles. The van der Waals surface area contributed by atoms with E-state index in [1.807, 2.05) is 0 Å². The average Bonchev–Trinajstić information content (AvgIpc) is 2.95. The van der Waals surface area contributed by atoms with Crippen molar-refractivity contribution in [1.82, 2.24) is 10.2 Å². The smallest absolute Gasteiger partial charge is 0.323 e. The molecule has 112 valence electrons. The minimum absolute atomic E-state index is 0.0122. The van der Waals surface area contributed by atoms with Crippen molar-refractivity contribution in [2.24, 2.45) is 0 Å². The van der Waals surface area contributed by atoms with Gasteiger partial charge in [-0.05, 0) is 31.5 Å². The number of likely N-dealkylation sites (tertiary alicyclic amines) is 1. The van der Waals surface area contributed by atoms with Crippen molar-refractivity contribution >= 4 is 17.8 Å². The number of esters is 1. The first kappa shape index (κ1) is 15.2. The summed E-state index contributed by atoms with van der Waals surface area (Å²) in [5.74, 6) is -1.19. The van der Waals surface area contributed by atoms with E-state index < -0.39 is 17.9 Å². The first-order chi connectivity index (χ1) is 10.1. The predicted octanol–water partition coefficient (Wildman–Crippen LogP) is 0.580. The molecule has 6 heteroatoms. The van der Waals surface area contributed by atoms with Crippen LogP contribution in [0.25, 0.3) is 0 Å². The van der Waals surface area contributed by atoms with Crippen LogP contribution < -0.4 is 5.32 Å². The van der Waals surface area contributed by atoms with E-state index in [9.17, 15) is 14.4 Å². The largest absolute Gasteiger partial charge is 0.468 e. The molecule has 1 atom stereocenters. The molecule has 2 amide bonds. The summed E-state index contributed by atoms with van der Waals surface area (Å²) in [5.41, 5.74) is 0.428. The molecule has 1 aliphatic heterocycles. The Balaban J connectivity index is 1.90. The molecule has 1 saturated heterocycles. The quantitative estimate of drug-likeness (QED) is 0.821. The molecule has 1 heterocycles. The highest BCUT2D eigenvalue weighted by molar-refractivity contribution is 6.05. The number of nitrogens with zero attached hydrogens (tertiary/aromatic N) is 1. The van der Waals surface area contributed by atoms with Gasteiger partial charge in [-0.15, -0.1) is 0 Å². The molecule has 2 rings (SSSR count). The third-order valence-electron chi connectivity index (χ3n) is 3.47. The first-order valence-corrected chi connectivity index (χ1v) is 6.83. The van der Waals surface area contributed by atoms with Gasteiger partial charge in [0.15, 0.2) is 0 Å². The van der Waals surface area contributed by atoms with Gasteiger partial charge in [-0.2, -0.15) is 0 Å². The Kier molecular flexibility index (Phi) is 5.05. The van der Waals surface area contributed by atoms with Crippen molar-refractivity contribution in [1.29, 1.82) is 0 Å². The number of benzene rings is 1. The Morgan fingerprint density at radius 3 is 2.67 bits per heavy atom. The van der Waals surface area contributed by atoms with Crippen LogP contribution in [0.2, 0.25) is 0 Å².